The summed E-state index contributed by atoms with van der Waals surface area (Å²) in [4.78, 5) is 12.1. The van der Waals surface area contributed by atoms with Crippen LogP contribution in [0.4, 0.5) is 0 Å². The molecular formula is C15H23BrN2O2. The van der Waals surface area contributed by atoms with E-state index in [4.69, 9.17) is 10.5 Å². The number of rotatable bonds is 7. The Kier molecular flexibility index (Phi) is 7.02. The fourth-order valence-electron chi connectivity index (χ4n) is 1.90. The van der Waals surface area contributed by atoms with Crippen LogP contribution in [0.3, 0.4) is 0 Å². The molecule has 2 unspecified atom stereocenters. The van der Waals surface area contributed by atoms with Crippen LogP contribution in [0.1, 0.15) is 27.2 Å². The first-order valence-corrected chi connectivity index (χ1v) is 7.64. The summed E-state index contributed by atoms with van der Waals surface area (Å²) in [6.45, 7) is 6.39. The van der Waals surface area contributed by atoms with Gasteiger partial charge >= 0.3 is 0 Å². The molecule has 0 saturated carbocycles. The lowest BCUT2D eigenvalue weighted by atomic mass is 10.0. The van der Waals surface area contributed by atoms with Crippen molar-refractivity contribution in [3.8, 4) is 5.75 Å². The summed E-state index contributed by atoms with van der Waals surface area (Å²) in [5.74, 6) is 1.02. The summed E-state index contributed by atoms with van der Waals surface area (Å²) in [6.07, 6.45) is 0.316. The van der Waals surface area contributed by atoms with Gasteiger partial charge in [-0.15, -0.1) is 0 Å². The molecule has 112 valence electrons. The topological polar surface area (TPSA) is 64.3 Å². The third kappa shape index (κ3) is 5.92. The second-order valence-electron chi connectivity index (χ2n) is 5.29. The van der Waals surface area contributed by atoms with Crippen LogP contribution < -0.4 is 15.8 Å². The molecule has 0 bridgehead atoms. The Hall–Kier alpha value is -1.07. The molecule has 1 amide bonds. The molecule has 0 fully saturated rings. The molecule has 0 heterocycles. The van der Waals surface area contributed by atoms with Crippen LogP contribution in [-0.2, 0) is 4.79 Å². The van der Waals surface area contributed by atoms with Gasteiger partial charge in [0.05, 0.1) is 0 Å². The Morgan fingerprint density at radius 2 is 2.10 bits per heavy atom. The van der Waals surface area contributed by atoms with Gasteiger partial charge in [0, 0.05) is 17.1 Å². The Morgan fingerprint density at radius 1 is 1.40 bits per heavy atom. The van der Waals surface area contributed by atoms with Crippen LogP contribution in [0.25, 0.3) is 0 Å². The van der Waals surface area contributed by atoms with Crippen molar-refractivity contribution in [2.24, 2.45) is 11.7 Å². The highest BCUT2D eigenvalue weighted by Gasteiger charge is 2.19. The average molecular weight is 343 g/mol. The van der Waals surface area contributed by atoms with E-state index in [9.17, 15) is 4.79 Å². The summed E-state index contributed by atoms with van der Waals surface area (Å²) in [7, 11) is 0. The van der Waals surface area contributed by atoms with E-state index in [0.717, 1.165) is 10.9 Å². The van der Waals surface area contributed by atoms with Gasteiger partial charge in [0.2, 0.25) is 0 Å². The Labute approximate surface area is 129 Å². The van der Waals surface area contributed by atoms with Crippen LogP contribution in [0.5, 0.6) is 5.75 Å². The Bertz CT molecular complexity index is 438. The molecular weight excluding hydrogens is 320 g/mol. The number of nitrogens with one attached hydrogen (secondary N) is 1. The second kappa shape index (κ2) is 8.27. The smallest absolute Gasteiger partial charge is 0.261 e. The van der Waals surface area contributed by atoms with E-state index >= 15 is 0 Å². The summed E-state index contributed by atoms with van der Waals surface area (Å²) in [6, 6.07) is 7.42. The molecule has 1 aromatic rings. The predicted molar refractivity (Wildman–Crippen MR) is 84.7 cm³/mol. The van der Waals surface area contributed by atoms with Gasteiger partial charge in [-0.3, -0.25) is 4.79 Å². The fourth-order valence-corrected chi connectivity index (χ4v) is 2.28. The number of ether oxygens (including phenoxy) is 1. The zero-order valence-electron chi connectivity index (χ0n) is 12.2. The molecule has 1 rings (SSSR count). The normalized spacial score (nSPS) is 13.9. The number of carbonyl (C=O) groups is 1. The van der Waals surface area contributed by atoms with Gasteiger partial charge in [-0.05, 0) is 37.5 Å². The fraction of sp³-hybridized carbons (Fsp3) is 0.533. The van der Waals surface area contributed by atoms with Gasteiger partial charge in [-0.1, -0.05) is 35.8 Å². The van der Waals surface area contributed by atoms with Crippen LogP contribution in [0.2, 0.25) is 0 Å². The number of hydrogen-bond donors (Lipinski definition) is 2. The molecule has 20 heavy (non-hydrogen) atoms. The molecule has 0 aromatic heterocycles. The summed E-state index contributed by atoms with van der Waals surface area (Å²) >= 11 is 3.37. The summed E-state index contributed by atoms with van der Waals surface area (Å²) in [5, 5.41) is 2.93. The van der Waals surface area contributed by atoms with Crippen LogP contribution in [0, 0.1) is 5.92 Å². The van der Waals surface area contributed by atoms with Crippen molar-refractivity contribution in [2.45, 2.75) is 39.3 Å². The molecule has 0 spiro atoms. The van der Waals surface area contributed by atoms with Gasteiger partial charge in [-0.2, -0.15) is 0 Å². The number of benzene rings is 1. The molecule has 0 aliphatic heterocycles. The first kappa shape index (κ1) is 17.0. The van der Waals surface area contributed by atoms with Crippen molar-refractivity contribution >= 4 is 21.8 Å². The maximum Gasteiger partial charge on any atom is 0.261 e. The van der Waals surface area contributed by atoms with E-state index < -0.39 is 6.10 Å². The highest BCUT2D eigenvalue weighted by atomic mass is 79.9. The highest BCUT2D eigenvalue weighted by Crippen LogP contribution is 2.19. The molecule has 0 radical (unpaired) electrons. The molecule has 5 heteroatoms. The van der Waals surface area contributed by atoms with Crippen LogP contribution >= 0.6 is 15.9 Å². The number of amides is 1. The first-order chi connectivity index (χ1) is 9.42. The van der Waals surface area contributed by atoms with E-state index in [2.05, 4.69) is 35.1 Å². The quantitative estimate of drug-likeness (QED) is 0.800. The molecule has 0 aliphatic carbocycles. The molecule has 2 atom stereocenters. The number of hydrogen-bond acceptors (Lipinski definition) is 3. The van der Waals surface area contributed by atoms with Gasteiger partial charge in [0.1, 0.15) is 5.75 Å². The van der Waals surface area contributed by atoms with Crippen LogP contribution in [-0.4, -0.2) is 24.6 Å². The average Bonchev–Trinajstić information content (AvgIpc) is 2.37. The van der Waals surface area contributed by atoms with E-state index in [1.165, 1.54) is 0 Å². The summed E-state index contributed by atoms with van der Waals surface area (Å²) < 4.78 is 6.54. The largest absolute Gasteiger partial charge is 0.481 e. The van der Waals surface area contributed by atoms with E-state index in [1.54, 1.807) is 6.92 Å². The van der Waals surface area contributed by atoms with Crippen LogP contribution in [0.15, 0.2) is 28.7 Å². The second-order valence-corrected chi connectivity index (χ2v) is 6.20. The van der Waals surface area contributed by atoms with Gasteiger partial charge in [0.15, 0.2) is 6.10 Å². The van der Waals surface area contributed by atoms with Crippen molar-refractivity contribution in [3.05, 3.63) is 28.7 Å². The van der Waals surface area contributed by atoms with Gasteiger partial charge < -0.3 is 15.8 Å². The molecule has 3 N–H and O–H groups in total. The van der Waals surface area contributed by atoms with Gasteiger partial charge in [0.25, 0.3) is 5.91 Å². The van der Waals surface area contributed by atoms with Gasteiger partial charge in [-0.25, -0.2) is 0 Å². The third-order valence-corrected chi connectivity index (χ3v) is 3.36. The van der Waals surface area contributed by atoms with Crippen molar-refractivity contribution < 1.29 is 9.53 Å². The monoisotopic (exact) mass is 342 g/mol. The number of nitrogens with two attached hydrogens (primary N) is 1. The maximum absolute atomic E-state index is 12.1. The van der Waals surface area contributed by atoms with E-state index in [0.29, 0.717) is 18.2 Å². The van der Waals surface area contributed by atoms with Crippen molar-refractivity contribution in [1.29, 1.82) is 0 Å². The van der Waals surface area contributed by atoms with Crippen molar-refractivity contribution in [1.82, 2.24) is 5.32 Å². The number of halogens is 1. The minimum Gasteiger partial charge on any atom is -0.481 e. The highest BCUT2D eigenvalue weighted by molar-refractivity contribution is 9.10. The van der Waals surface area contributed by atoms with E-state index in [-0.39, 0.29) is 11.9 Å². The van der Waals surface area contributed by atoms with Crippen molar-refractivity contribution in [3.63, 3.8) is 0 Å². The zero-order chi connectivity index (χ0) is 15.1. The molecule has 0 saturated heterocycles. The molecule has 4 nitrogen and oxygen atoms in total. The minimum absolute atomic E-state index is 0.00365. The SMILES string of the molecule is CC(C)CC(CN)NC(=O)C(C)Oc1cccc(Br)c1. The first-order valence-electron chi connectivity index (χ1n) is 6.85. The zero-order valence-corrected chi connectivity index (χ0v) is 13.8. The molecule has 0 aliphatic rings. The minimum atomic E-state index is -0.550. The van der Waals surface area contributed by atoms with Crippen molar-refractivity contribution in [2.75, 3.05) is 6.54 Å². The predicted octanol–water partition coefficient (Wildman–Crippen LogP) is 2.71. The lowest BCUT2D eigenvalue weighted by Gasteiger charge is -2.21. The van der Waals surface area contributed by atoms with E-state index in [1.807, 2.05) is 24.3 Å². The lowest BCUT2D eigenvalue weighted by Crippen LogP contribution is -2.46. The maximum atomic E-state index is 12.1. The lowest BCUT2D eigenvalue weighted by molar-refractivity contribution is -0.128. The third-order valence-electron chi connectivity index (χ3n) is 2.86. The standard InChI is InChI=1S/C15H23BrN2O2/c1-10(2)7-13(9-17)18-15(19)11(3)20-14-6-4-5-12(16)8-14/h4-6,8,10-11,13H,7,9,17H2,1-3H3,(H,18,19). The Balaban J connectivity index is 2.54. The Morgan fingerprint density at radius 3 is 2.65 bits per heavy atom. The summed E-state index contributed by atoms with van der Waals surface area (Å²) in [5.41, 5.74) is 5.68. The number of carbonyl (C=O) groups excluding carboxylic acids is 1. The molecule has 1 aromatic carbocycles.